The number of ether oxygens (including phenoxy) is 5. The monoisotopic (exact) mass is 1290 g/mol. The van der Waals surface area contributed by atoms with Gasteiger partial charge in [-0.25, -0.2) is 9.69 Å². The molecule has 5 atom stereocenters. The van der Waals surface area contributed by atoms with E-state index >= 15 is 0 Å². The Kier molecular flexibility index (Phi) is 19.9. The molecule has 6 aromatic carbocycles. The van der Waals surface area contributed by atoms with Gasteiger partial charge in [-0.2, -0.15) is 0 Å². The van der Waals surface area contributed by atoms with Crippen molar-refractivity contribution in [2.75, 3.05) is 31.0 Å². The third-order valence-corrected chi connectivity index (χ3v) is 17.3. The minimum absolute atomic E-state index is 0.0197. The molecule has 5 heterocycles. The Balaban J connectivity index is 0.756. The van der Waals surface area contributed by atoms with Gasteiger partial charge in [-0.1, -0.05) is 86.0 Å². The number of carbonyl (C=O) groups is 8. The van der Waals surface area contributed by atoms with Gasteiger partial charge >= 0.3 is 6.09 Å². The Bertz CT molecular complexity index is 4110. The molecule has 0 spiro atoms. The number of nitrogens with one attached hydrogen (secondary N) is 3. The maximum Gasteiger partial charge on any atom is 0.416 e. The van der Waals surface area contributed by atoms with Crippen LogP contribution in [0.25, 0.3) is 10.4 Å². The second kappa shape index (κ2) is 28.9. The van der Waals surface area contributed by atoms with Gasteiger partial charge in [-0.15, -0.1) is 0 Å². The molecule has 0 saturated heterocycles. The normalized spacial score (nSPS) is 17.3. The molecule has 5 aliphatic rings. The molecule has 8 amide bonds. The number of aliphatic imine (C=N–C) groups is 1. The molecule has 11 rings (SSSR count). The number of rotatable bonds is 23. The molecule has 0 aromatic heterocycles. The lowest BCUT2D eigenvalue weighted by atomic mass is 9.93. The van der Waals surface area contributed by atoms with E-state index in [0.29, 0.717) is 77.4 Å². The number of amides is 8. The number of benzene rings is 6. The van der Waals surface area contributed by atoms with Gasteiger partial charge in [0.05, 0.1) is 48.8 Å². The van der Waals surface area contributed by atoms with Crippen LogP contribution < -0.4 is 39.8 Å². The Morgan fingerprint density at radius 3 is 1.93 bits per heavy atom. The van der Waals surface area contributed by atoms with Crippen LogP contribution in [0.2, 0.25) is 0 Å². The summed E-state index contributed by atoms with van der Waals surface area (Å²) in [5.41, 5.74) is 16.5. The smallest absolute Gasteiger partial charge is 0.416 e. The van der Waals surface area contributed by atoms with Gasteiger partial charge in [0, 0.05) is 72.8 Å². The van der Waals surface area contributed by atoms with Crippen LogP contribution in [0, 0.1) is 5.92 Å². The first-order valence-electron chi connectivity index (χ1n) is 31.2. The Hall–Kier alpha value is -11.0. The molecule has 0 aliphatic carbocycles. The number of carbonyl (C=O) groups excluding carboxylic acids is 8. The summed E-state index contributed by atoms with van der Waals surface area (Å²) in [6.07, 6.45) is 4.14. The van der Waals surface area contributed by atoms with Crippen molar-refractivity contribution in [1.82, 2.24) is 25.3 Å². The van der Waals surface area contributed by atoms with E-state index < -0.39 is 48.2 Å². The van der Waals surface area contributed by atoms with Crippen molar-refractivity contribution in [3.8, 4) is 23.0 Å². The number of hydrogen-bond acceptors (Lipinski definition) is 16. The van der Waals surface area contributed by atoms with Crippen molar-refractivity contribution in [1.29, 1.82) is 0 Å². The number of nitrogens with zero attached hydrogens (tertiary/aromatic N) is 8. The minimum atomic E-state index is -1.63. The number of azide groups is 1. The quantitative estimate of drug-likeness (QED) is 0.0153. The maximum atomic E-state index is 14.8. The van der Waals surface area contributed by atoms with E-state index in [1.807, 2.05) is 47.4 Å². The highest BCUT2D eigenvalue weighted by Gasteiger charge is 2.46. The molecule has 95 heavy (non-hydrogen) atoms. The van der Waals surface area contributed by atoms with Crippen molar-refractivity contribution in [3.63, 3.8) is 0 Å². The van der Waals surface area contributed by atoms with Gasteiger partial charge in [-0.05, 0) is 125 Å². The molecule has 0 radical (unpaired) electrons. The van der Waals surface area contributed by atoms with Crippen LogP contribution in [0.5, 0.6) is 23.0 Å². The van der Waals surface area contributed by atoms with Crippen molar-refractivity contribution < 1.29 is 67.1 Å². The number of hydrogen-bond donors (Lipinski definition) is 4. The molecule has 4 N–H and O–H groups in total. The van der Waals surface area contributed by atoms with Crippen molar-refractivity contribution in [2.24, 2.45) is 16.0 Å². The molecule has 0 saturated carbocycles. The van der Waals surface area contributed by atoms with E-state index in [-0.39, 0.29) is 110 Å². The highest BCUT2D eigenvalue weighted by Crippen LogP contribution is 2.43. The lowest BCUT2D eigenvalue weighted by Gasteiger charge is -2.39. The first-order chi connectivity index (χ1) is 45.9. The SMILES string of the molecule is COc1cc2c(cc1OCc1cc(COc3cc4c(cc3OC)C(=O)N3Cc5ccccc5CC3C(O)N4C(=O)OCc3ccc(NC(=O)[C@H](C)NC(=O)[C@@H](NC(=O)CCCCCN4C(=O)C=CC4=O)C(C)C)cc3)cc(N=[N+]=[N-])c1)N=C[C@@H]1Cc3ccccc3CN1C2=O. The Morgan fingerprint density at radius 1 is 0.674 bits per heavy atom. The zero-order chi connectivity index (χ0) is 67.0. The molecule has 0 bridgehead atoms. The number of unbranched alkanes of at least 4 members (excludes halogenated alkanes) is 2. The number of methoxy groups -OCH3 is 2. The number of anilines is 2. The summed E-state index contributed by atoms with van der Waals surface area (Å²) >= 11 is 0. The largest absolute Gasteiger partial charge is 0.493 e. The van der Waals surface area contributed by atoms with E-state index in [2.05, 4.69) is 32.0 Å². The summed E-state index contributed by atoms with van der Waals surface area (Å²) < 4.78 is 30.3. The molecule has 5 aliphatic heterocycles. The summed E-state index contributed by atoms with van der Waals surface area (Å²) in [5, 5.41) is 24.5. The highest BCUT2D eigenvalue weighted by molar-refractivity contribution is 6.13. The van der Waals surface area contributed by atoms with E-state index in [0.717, 1.165) is 32.1 Å². The fourth-order valence-corrected chi connectivity index (χ4v) is 12.3. The van der Waals surface area contributed by atoms with Crippen LogP contribution in [-0.4, -0.2) is 125 Å². The molecule has 25 nitrogen and oxygen atoms in total. The van der Waals surface area contributed by atoms with Crippen LogP contribution in [-0.2, 0) is 74.5 Å². The van der Waals surface area contributed by atoms with E-state index in [1.165, 1.54) is 50.3 Å². The third-order valence-electron chi connectivity index (χ3n) is 17.3. The summed E-state index contributed by atoms with van der Waals surface area (Å²) in [4.78, 5) is 120. The van der Waals surface area contributed by atoms with Gasteiger partial charge < -0.3 is 54.5 Å². The number of aliphatic hydroxyl groups excluding tert-OH is 1. The third kappa shape index (κ3) is 14.6. The summed E-state index contributed by atoms with van der Waals surface area (Å²) in [6, 6.07) is 30.1. The number of fused-ring (bicyclic) bond motifs is 6. The molecule has 2 unspecified atom stereocenters. The maximum absolute atomic E-state index is 14.8. The van der Waals surface area contributed by atoms with Gasteiger partial charge in [0.25, 0.3) is 23.6 Å². The summed E-state index contributed by atoms with van der Waals surface area (Å²) in [7, 11) is 2.88. The first kappa shape index (κ1) is 65.5. The molecular weight excluding hydrogens is 1220 g/mol. The van der Waals surface area contributed by atoms with E-state index in [9.17, 15) is 49.0 Å². The second-order valence-electron chi connectivity index (χ2n) is 24.1. The molecule has 6 aromatic rings. The number of imide groups is 1. The predicted molar refractivity (Wildman–Crippen MR) is 348 cm³/mol. The van der Waals surface area contributed by atoms with Crippen LogP contribution in [0.4, 0.5) is 27.5 Å². The van der Waals surface area contributed by atoms with Crippen molar-refractivity contribution >= 4 is 76.4 Å². The van der Waals surface area contributed by atoms with E-state index in [1.54, 1.807) is 74.7 Å². The van der Waals surface area contributed by atoms with Gasteiger partial charge in [-0.3, -0.25) is 43.5 Å². The molecular formula is C70H71N11O14. The van der Waals surface area contributed by atoms with Crippen LogP contribution in [0.3, 0.4) is 0 Å². The van der Waals surface area contributed by atoms with Gasteiger partial charge in [0.15, 0.2) is 29.2 Å². The second-order valence-corrected chi connectivity index (χ2v) is 24.1. The predicted octanol–water partition coefficient (Wildman–Crippen LogP) is 9.20. The lowest BCUT2D eigenvalue weighted by molar-refractivity contribution is -0.137. The minimum Gasteiger partial charge on any atom is -0.493 e. The standard InChI is InChI=1S/C70H71N11O14/c1-40(2)64(75-61(82)17-7-6-12-24-78-62(83)22-23-63(78)84)66(86)73-41(3)65(85)74-49-20-18-42(19-21-49)37-95-70(90)81-55-33-60(58(92-5)31-53(55)68(88)80-36-48-16-11-9-14-46(48)29-56(80)69(81)89)94-39-44-25-43(26-50(27-44)76-77-71)38-93-59-32-54-52(30-57(59)91-4)67(87)79-35-47-15-10-8-13-45(47)28-51(79)34-72-54/h8-11,13-16,18-23,25-27,30-34,40-41,51,56,64,69,89H,6-7,12,17,24,28-29,35-39H2,1-5H3,(H,73,86)(H,74,85)(H,75,82)/t41-,51-,56?,64-,69?/m0/s1. The zero-order valence-corrected chi connectivity index (χ0v) is 53.0. The summed E-state index contributed by atoms with van der Waals surface area (Å²) in [6.45, 7) is 5.35. The first-order valence-corrected chi connectivity index (χ1v) is 31.2. The highest BCUT2D eigenvalue weighted by atomic mass is 16.6. The molecule has 490 valence electrons. The average molecular weight is 1290 g/mol. The Morgan fingerprint density at radius 2 is 1.28 bits per heavy atom. The van der Waals surface area contributed by atoms with Gasteiger partial charge in [0.2, 0.25) is 17.7 Å². The van der Waals surface area contributed by atoms with E-state index in [4.69, 9.17) is 28.7 Å². The van der Waals surface area contributed by atoms with Gasteiger partial charge in [0.1, 0.15) is 31.9 Å². The summed E-state index contributed by atoms with van der Waals surface area (Å²) in [5.74, 6) is -2.34. The Labute approximate surface area is 547 Å². The van der Waals surface area contributed by atoms with Crippen molar-refractivity contribution in [2.45, 2.75) is 123 Å². The van der Waals surface area contributed by atoms with Crippen LogP contribution >= 0.6 is 0 Å². The average Bonchev–Trinajstić information content (AvgIpc) is 1.63. The molecule has 25 heteroatoms. The van der Waals surface area contributed by atoms with Crippen LogP contribution in [0.1, 0.15) is 106 Å². The molecule has 0 fully saturated rings. The fourth-order valence-electron chi connectivity index (χ4n) is 12.3. The van der Waals surface area contributed by atoms with Crippen LogP contribution in [0.15, 0.2) is 138 Å². The number of aliphatic hydroxyl groups is 1. The lowest BCUT2D eigenvalue weighted by Crippen LogP contribution is -2.55. The topological polar surface area (TPSA) is 313 Å². The zero-order valence-electron chi connectivity index (χ0n) is 53.0. The fraction of sp³-hybridized carbons (Fsp3) is 0.329. The van der Waals surface area contributed by atoms with Crippen molar-refractivity contribution in [3.05, 3.63) is 188 Å².